The van der Waals surface area contributed by atoms with Gasteiger partial charge in [-0.15, -0.1) is 0 Å². The Labute approximate surface area is 194 Å². The normalized spacial score (nSPS) is 23.1. The molecule has 0 spiro atoms. The predicted molar refractivity (Wildman–Crippen MR) is 133 cm³/mol. The Morgan fingerprint density at radius 3 is 2.94 bits per heavy atom. The minimum atomic E-state index is -0.508. The molecular formula is C28H30N2O3. The number of pyridine rings is 1. The lowest BCUT2D eigenvalue weighted by molar-refractivity contribution is 0.0505. The zero-order valence-electron chi connectivity index (χ0n) is 19.4. The highest BCUT2D eigenvalue weighted by atomic mass is 16.5. The molecule has 170 valence electrons. The van der Waals surface area contributed by atoms with Gasteiger partial charge in [0, 0.05) is 35.9 Å². The van der Waals surface area contributed by atoms with Gasteiger partial charge in [0.15, 0.2) is 0 Å². The molecule has 1 heterocycles. The van der Waals surface area contributed by atoms with E-state index in [-0.39, 0.29) is 17.4 Å². The average molecular weight is 443 g/mol. The molecule has 4 rings (SSSR count). The fourth-order valence-corrected chi connectivity index (χ4v) is 5.02. The summed E-state index contributed by atoms with van der Waals surface area (Å²) < 4.78 is 5.23. The van der Waals surface area contributed by atoms with E-state index in [1.165, 1.54) is 11.1 Å². The van der Waals surface area contributed by atoms with Crippen molar-refractivity contribution in [2.45, 2.75) is 45.6 Å². The van der Waals surface area contributed by atoms with Crippen molar-refractivity contribution in [1.82, 2.24) is 4.98 Å². The van der Waals surface area contributed by atoms with E-state index >= 15 is 0 Å². The van der Waals surface area contributed by atoms with E-state index in [4.69, 9.17) is 9.73 Å². The van der Waals surface area contributed by atoms with Crippen LogP contribution in [0.3, 0.4) is 0 Å². The van der Waals surface area contributed by atoms with Crippen LogP contribution in [-0.2, 0) is 16.7 Å². The van der Waals surface area contributed by atoms with E-state index in [1.54, 1.807) is 12.1 Å². The summed E-state index contributed by atoms with van der Waals surface area (Å²) in [7, 11) is 0. The van der Waals surface area contributed by atoms with E-state index in [2.05, 4.69) is 31.0 Å². The van der Waals surface area contributed by atoms with Crippen LogP contribution in [0.1, 0.15) is 60.8 Å². The minimum absolute atomic E-state index is 0.0761. The van der Waals surface area contributed by atoms with Crippen molar-refractivity contribution in [2.75, 3.05) is 6.61 Å². The number of ether oxygens (including phenoxy) is 1. The van der Waals surface area contributed by atoms with Crippen LogP contribution in [0.25, 0.3) is 6.08 Å². The minimum Gasteiger partial charge on any atom is -0.462 e. The molecule has 2 aromatic rings. The SMILES string of the molecule is C/C=C1\[C@H]2C=C(C)C[C@]1(/N=C/C=C/c1cccc(C(=O)OCCC)c1)c1ccc(=O)[nH]c1C2. The summed E-state index contributed by atoms with van der Waals surface area (Å²) in [5.41, 5.74) is 5.49. The molecule has 1 aromatic carbocycles. The van der Waals surface area contributed by atoms with Gasteiger partial charge < -0.3 is 9.72 Å². The maximum absolute atomic E-state index is 12.1. The van der Waals surface area contributed by atoms with Crippen molar-refractivity contribution in [2.24, 2.45) is 10.9 Å². The van der Waals surface area contributed by atoms with Crippen molar-refractivity contribution < 1.29 is 9.53 Å². The number of rotatable bonds is 6. The van der Waals surface area contributed by atoms with Crippen LogP contribution in [0.4, 0.5) is 0 Å². The first-order chi connectivity index (χ1) is 16.0. The molecule has 2 aliphatic rings. The van der Waals surface area contributed by atoms with Gasteiger partial charge in [-0.05, 0) is 62.1 Å². The predicted octanol–water partition coefficient (Wildman–Crippen LogP) is 5.39. The van der Waals surface area contributed by atoms with Gasteiger partial charge in [0.1, 0.15) is 5.54 Å². The number of aromatic amines is 1. The number of nitrogens with one attached hydrogen (secondary N) is 1. The number of nitrogens with zero attached hydrogens (tertiary/aromatic N) is 1. The number of aromatic nitrogens is 1. The van der Waals surface area contributed by atoms with Crippen molar-refractivity contribution in [1.29, 1.82) is 0 Å². The van der Waals surface area contributed by atoms with Crippen LogP contribution in [-0.4, -0.2) is 23.8 Å². The fourth-order valence-electron chi connectivity index (χ4n) is 5.02. The summed E-state index contributed by atoms with van der Waals surface area (Å²) in [5.74, 6) is -0.0676. The summed E-state index contributed by atoms with van der Waals surface area (Å²) >= 11 is 0. The number of benzene rings is 1. The molecule has 1 N–H and O–H groups in total. The van der Waals surface area contributed by atoms with Crippen molar-refractivity contribution in [3.63, 3.8) is 0 Å². The maximum atomic E-state index is 12.1. The van der Waals surface area contributed by atoms with Gasteiger partial charge in [0.2, 0.25) is 5.56 Å². The highest BCUT2D eigenvalue weighted by Crippen LogP contribution is 2.51. The summed E-state index contributed by atoms with van der Waals surface area (Å²) in [5, 5.41) is 0. The molecule has 0 amide bonds. The highest BCUT2D eigenvalue weighted by molar-refractivity contribution is 5.90. The Hall–Kier alpha value is -3.47. The molecule has 5 heteroatoms. The van der Waals surface area contributed by atoms with Gasteiger partial charge in [0.25, 0.3) is 0 Å². The number of aliphatic imine (C=N–C) groups is 1. The number of carbonyl (C=O) groups excluding carboxylic acids is 1. The van der Waals surface area contributed by atoms with E-state index in [1.807, 2.05) is 49.6 Å². The number of esters is 1. The molecule has 1 aromatic heterocycles. The second-order valence-corrected chi connectivity index (χ2v) is 8.72. The summed E-state index contributed by atoms with van der Waals surface area (Å²) in [4.78, 5) is 32.2. The van der Waals surface area contributed by atoms with Crippen LogP contribution in [0.5, 0.6) is 0 Å². The summed E-state index contributed by atoms with van der Waals surface area (Å²) in [6, 6.07) is 10.9. The Bertz CT molecular complexity index is 1230. The molecule has 0 aliphatic heterocycles. The number of hydrogen-bond acceptors (Lipinski definition) is 4. The molecule has 0 saturated heterocycles. The largest absolute Gasteiger partial charge is 0.462 e. The zero-order valence-corrected chi connectivity index (χ0v) is 19.4. The third kappa shape index (κ3) is 4.54. The molecule has 33 heavy (non-hydrogen) atoms. The monoisotopic (exact) mass is 442 g/mol. The van der Waals surface area contributed by atoms with Gasteiger partial charge >= 0.3 is 5.97 Å². The second kappa shape index (κ2) is 9.57. The van der Waals surface area contributed by atoms with Gasteiger partial charge in [-0.1, -0.05) is 42.9 Å². The van der Waals surface area contributed by atoms with E-state index in [0.29, 0.717) is 12.2 Å². The molecule has 5 nitrogen and oxygen atoms in total. The smallest absolute Gasteiger partial charge is 0.338 e. The molecule has 0 saturated carbocycles. The second-order valence-electron chi connectivity index (χ2n) is 8.72. The topological polar surface area (TPSA) is 71.5 Å². The zero-order chi connectivity index (χ0) is 23.4. The maximum Gasteiger partial charge on any atom is 0.338 e. The quantitative estimate of drug-likeness (QED) is 0.370. The molecular weight excluding hydrogens is 412 g/mol. The highest BCUT2D eigenvalue weighted by Gasteiger charge is 2.46. The van der Waals surface area contributed by atoms with Crippen molar-refractivity contribution in [3.05, 3.63) is 98.5 Å². The van der Waals surface area contributed by atoms with Crippen LogP contribution < -0.4 is 5.56 Å². The van der Waals surface area contributed by atoms with E-state index in [0.717, 1.165) is 36.1 Å². The van der Waals surface area contributed by atoms with Crippen LogP contribution in [0, 0.1) is 5.92 Å². The number of fused-ring (bicyclic) bond motifs is 4. The van der Waals surface area contributed by atoms with Crippen molar-refractivity contribution in [3.8, 4) is 0 Å². The van der Waals surface area contributed by atoms with Crippen LogP contribution in [0.15, 0.2) is 75.6 Å². The fraction of sp³-hybridized carbons (Fsp3) is 0.321. The van der Waals surface area contributed by atoms with Gasteiger partial charge in [-0.25, -0.2) is 4.79 Å². The first-order valence-electron chi connectivity index (χ1n) is 11.5. The molecule has 2 atom stereocenters. The summed E-state index contributed by atoms with van der Waals surface area (Å²) in [6.07, 6.45) is 12.5. The van der Waals surface area contributed by atoms with E-state index in [9.17, 15) is 9.59 Å². The van der Waals surface area contributed by atoms with Gasteiger partial charge in [-0.3, -0.25) is 9.79 Å². The first kappa shape index (κ1) is 22.7. The van der Waals surface area contributed by atoms with E-state index < -0.39 is 5.54 Å². The third-order valence-electron chi connectivity index (χ3n) is 6.31. The lowest BCUT2D eigenvalue weighted by Crippen LogP contribution is -2.40. The standard InChI is InChI=1S/C28H30N2O3/c1-4-14-33-27(32)21-10-6-8-20(16-21)9-7-13-29-28-18-19(3)15-22(23(28)5-2)17-25-24(28)11-12-26(31)30-25/h5-13,15-16,22H,4,14,17-18H2,1-3H3,(H,30,31)/b9-7+,23-5+,29-13+/t22-,28+/m0/s1. The molecule has 0 unspecified atom stereocenters. The Kier molecular flexibility index (Phi) is 6.59. The van der Waals surface area contributed by atoms with Gasteiger partial charge in [-0.2, -0.15) is 0 Å². The third-order valence-corrected chi connectivity index (χ3v) is 6.31. The summed E-state index contributed by atoms with van der Waals surface area (Å²) in [6.45, 7) is 6.61. The van der Waals surface area contributed by atoms with Gasteiger partial charge in [0.05, 0.1) is 12.2 Å². The lowest BCUT2D eigenvalue weighted by atomic mass is 9.63. The average Bonchev–Trinajstić information content (AvgIpc) is 2.80. The number of carbonyl (C=O) groups is 1. The first-order valence-corrected chi connectivity index (χ1v) is 11.5. The lowest BCUT2D eigenvalue weighted by Gasteiger charge is -2.45. The number of H-pyrrole nitrogens is 1. The Balaban J connectivity index is 1.64. The Morgan fingerprint density at radius 1 is 1.30 bits per heavy atom. The molecule has 2 bridgehead atoms. The molecule has 0 fully saturated rings. The number of allylic oxidation sites excluding steroid dienone is 3. The molecule has 0 radical (unpaired) electrons. The van der Waals surface area contributed by atoms with Crippen LogP contribution >= 0.6 is 0 Å². The van der Waals surface area contributed by atoms with Crippen molar-refractivity contribution >= 4 is 18.3 Å². The Morgan fingerprint density at radius 2 is 2.15 bits per heavy atom. The number of hydrogen-bond donors (Lipinski definition) is 1. The van der Waals surface area contributed by atoms with Crippen LogP contribution in [0.2, 0.25) is 0 Å². The molecule has 2 aliphatic carbocycles.